The van der Waals surface area contributed by atoms with Gasteiger partial charge in [0, 0.05) is 78.4 Å². The molecule has 0 bridgehead atoms. The maximum atomic E-state index is 15.3. The number of nitro benzene ring substituents is 1. The Morgan fingerprint density at radius 1 is 1.03 bits per heavy atom. The minimum Gasteiger partial charge on any atom is -0.455 e. The number of piperazine rings is 1. The summed E-state index contributed by atoms with van der Waals surface area (Å²) in [7, 11) is 0. The molecule has 6 aromatic rings. The number of benzene rings is 3. The molecule has 3 aromatic carbocycles. The van der Waals surface area contributed by atoms with Gasteiger partial charge in [-0.15, -0.1) is 11.3 Å². The van der Waals surface area contributed by atoms with E-state index in [1.165, 1.54) is 47.6 Å². The second-order valence-electron chi connectivity index (χ2n) is 20.1. The first kappa shape index (κ1) is 49.1. The molecule has 2 aliphatic carbocycles. The first-order valence-corrected chi connectivity index (χ1v) is 25.6. The lowest BCUT2D eigenvalue weighted by molar-refractivity contribution is -0.384. The predicted molar refractivity (Wildman–Crippen MR) is 274 cm³/mol. The normalized spacial score (nSPS) is 20.1. The van der Waals surface area contributed by atoms with Crippen molar-refractivity contribution in [2.75, 3.05) is 49.5 Å². The van der Waals surface area contributed by atoms with Gasteiger partial charge in [-0.05, 0) is 159 Å². The van der Waals surface area contributed by atoms with Gasteiger partial charge in [0.05, 0.1) is 34.0 Å². The molecular weight excluding hydrogens is 933 g/mol. The lowest BCUT2D eigenvalue weighted by Gasteiger charge is -2.39. The molecule has 1 saturated heterocycles. The monoisotopic (exact) mass is 991 g/mol. The second kappa shape index (κ2) is 20.5. The quantitative estimate of drug-likeness (QED) is 0.0377. The molecule has 3 aliphatic rings. The van der Waals surface area contributed by atoms with Crippen LogP contribution < -0.4 is 19.7 Å². The van der Waals surface area contributed by atoms with Gasteiger partial charge in [0.25, 0.3) is 11.6 Å². The van der Waals surface area contributed by atoms with Crippen LogP contribution in [0.25, 0.3) is 27.7 Å². The number of thiophene rings is 1. The van der Waals surface area contributed by atoms with Gasteiger partial charge in [0.2, 0.25) is 0 Å². The number of hydrogen-bond donors (Lipinski definition) is 5. The van der Waals surface area contributed by atoms with Crippen LogP contribution >= 0.6 is 23.3 Å². The number of aromatic amines is 1. The van der Waals surface area contributed by atoms with Gasteiger partial charge < -0.3 is 30.2 Å². The minimum absolute atomic E-state index is 0.0758. The van der Waals surface area contributed by atoms with E-state index in [1.807, 2.05) is 42.6 Å². The Kier molecular flexibility index (Phi) is 14.4. The van der Waals surface area contributed by atoms with Gasteiger partial charge in [0.15, 0.2) is 0 Å². The molecule has 5 N–H and O–H groups in total. The molecule has 1 amide bonds. The number of anilines is 2. The Morgan fingerprint density at radius 3 is 2.51 bits per heavy atom. The fourth-order valence-electron chi connectivity index (χ4n) is 9.81. The van der Waals surface area contributed by atoms with E-state index in [4.69, 9.17) is 4.74 Å². The number of nitro groups is 1. The smallest absolute Gasteiger partial charge is 0.293 e. The molecule has 17 heteroatoms. The summed E-state index contributed by atoms with van der Waals surface area (Å²) in [6, 6.07) is 18.4. The van der Waals surface area contributed by atoms with Crippen molar-refractivity contribution < 1.29 is 33.4 Å². The highest BCUT2D eigenvalue weighted by Gasteiger charge is 2.32. The Morgan fingerprint density at radius 2 is 1.79 bits per heavy atom. The van der Waals surface area contributed by atoms with E-state index in [0.29, 0.717) is 58.6 Å². The lowest BCUT2D eigenvalue weighted by atomic mass is 9.73. The molecular formula is C53H59F2N7O6S2. The molecule has 13 nitrogen and oxygen atoms in total. The summed E-state index contributed by atoms with van der Waals surface area (Å²) in [5.41, 5.74) is 4.81. The van der Waals surface area contributed by atoms with E-state index >= 15 is 8.78 Å². The lowest BCUT2D eigenvalue weighted by Crippen LogP contribution is -2.47. The summed E-state index contributed by atoms with van der Waals surface area (Å²) in [5.74, 6) is -0.725. The standard InChI is InChI=1S/C53H59F2N7O6S2/c1-32(63)36-22-43(54)49(44(55)23-36)37-24-48(69-31-37)42-27-52(2,3)13-11-35(42)30-60-17-19-61(20-18-60)38-5-7-41(47(25-38)68-39-21-34-12-16-56-50(34)58-29-39)51(64)59-70-40-6-8-45(46(26-40)62(66)67)57-28-33-9-14-53(4,65)15-10-33/h5-8,12,16,21-26,29,31-33,57,63,65H,9-11,13-15,17-20,27-28,30H2,1-4H3,(H,56,58)(H,59,64)/t32-,33?,53?/m0/s1. The summed E-state index contributed by atoms with van der Waals surface area (Å²) in [4.78, 5) is 39.5. The number of aliphatic hydroxyl groups is 2. The van der Waals surface area contributed by atoms with Crippen molar-refractivity contribution in [2.45, 2.75) is 89.2 Å². The van der Waals surface area contributed by atoms with Gasteiger partial charge >= 0.3 is 0 Å². The number of aliphatic hydroxyl groups excluding tert-OH is 1. The van der Waals surface area contributed by atoms with Crippen molar-refractivity contribution in [3.05, 3.63) is 128 Å². The Labute approximate surface area is 414 Å². The number of aromatic nitrogens is 2. The summed E-state index contributed by atoms with van der Waals surface area (Å²) in [5, 5.41) is 38.3. The van der Waals surface area contributed by atoms with Gasteiger partial charge in [-0.1, -0.05) is 19.4 Å². The fraction of sp³-hybridized carbons (Fsp3) is 0.396. The molecule has 0 spiro atoms. The van der Waals surface area contributed by atoms with E-state index < -0.39 is 34.2 Å². The number of rotatable bonds is 15. The van der Waals surface area contributed by atoms with E-state index in [-0.39, 0.29) is 27.8 Å². The molecule has 1 aliphatic heterocycles. The van der Waals surface area contributed by atoms with Gasteiger partial charge in [-0.25, -0.2) is 13.8 Å². The van der Waals surface area contributed by atoms with Crippen LogP contribution in [-0.4, -0.2) is 80.8 Å². The Hall–Kier alpha value is -5.85. The third-order valence-corrected chi connectivity index (χ3v) is 15.8. The number of nitrogens with one attached hydrogen (secondary N) is 3. The van der Waals surface area contributed by atoms with Crippen LogP contribution in [0.5, 0.6) is 11.5 Å². The number of allylic oxidation sites excluding steroid dienone is 1. The maximum Gasteiger partial charge on any atom is 0.293 e. The van der Waals surface area contributed by atoms with Crippen molar-refractivity contribution in [3.8, 4) is 22.6 Å². The summed E-state index contributed by atoms with van der Waals surface area (Å²) in [6.07, 6.45) is 8.33. The number of hydrogen-bond acceptors (Lipinski definition) is 12. The zero-order valence-electron chi connectivity index (χ0n) is 39.8. The molecule has 9 rings (SSSR count). The van der Waals surface area contributed by atoms with Crippen molar-refractivity contribution in [2.24, 2.45) is 11.3 Å². The highest BCUT2D eigenvalue weighted by Crippen LogP contribution is 2.46. The summed E-state index contributed by atoms with van der Waals surface area (Å²) in [6.45, 7) is 12.2. The number of nitrogens with zero attached hydrogens (tertiary/aromatic N) is 4. The van der Waals surface area contributed by atoms with Gasteiger partial charge in [-0.3, -0.25) is 24.5 Å². The SMILES string of the molecule is C[C@H](O)c1cc(F)c(-c2csc(C3=C(CN4CCN(c5ccc(C(=O)NSc6ccc(NCC7CCC(C)(O)CC7)c([N+](=O)[O-])c6)c(Oc6cnc7[nH]ccc7c6)c5)CC4)CCC(C)(C)C3)c2)c(F)c1. The van der Waals surface area contributed by atoms with Crippen LogP contribution in [0.1, 0.15) is 99.5 Å². The third-order valence-electron chi connectivity index (χ3n) is 14.1. The molecule has 368 valence electrons. The van der Waals surface area contributed by atoms with Crippen LogP contribution in [0.2, 0.25) is 0 Å². The number of H-pyrrole nitrogens is 1. The molecule has 70 heavy (non-hydrogen) atoms. The molecule has 2 fully saturated rings. The molecule has 0 unspecified atom stereocenters. The Bertz CT molecular complexity index is 2910. The largest absolute Gasteiger partial charge is 0.455 e. The number of pyridine rings is 1. The molecule has 3 aromatic heterocycles. The molecule has 0 radical (unpaired) electrons. The zero-order chi connectivity index (χ0) is 49.3. The van der Waals surface area contributed by atoms with Crippen molar-refractivity contribution in [1.82, 2.24) is 19.6 Å². The number of ether oxygens (including phenoxy) is 1. The Balaban J connectivity index is 0.890. The number of amides is 1. The fourth-order valence-corrected chi connectivity index (χ4v) is 11.4. The third kappa shape index (κ3) is 11.3. The van der Waals surface area contributed by atoms with E-state index in [0.717, 1.165) is 92.7 Å². The number of fused-ring (bicyclic) bond motifs is 1. The highest BCUT2D eigenvalue weighted by molar-refractivity contribution is 7.98. The maximum absolute atomic E-state index is 15.3. The number of carbonyl (C=O) groups is 1. The van der Waals surface area contributed by atoms with Crippen molar-refractivity contribution in [1.29, 1.82) is 0 Å². The van der Waals surface area contributed by atoms with Gasteiger partial charge in [-0.2, -0.15) is 0 Å². The predicted octanol–water partition coefficient (Wildman–Crippen LogP) is 11.9. The molecule has 1 saturated carbocycles. The number of halogens is 2. The van der Waals surface area contributed by atoms with Crippen LogP contribution in [0, 0.1) is 33.1 Å². The van der Waals surface area contributed by atoms with Crippen molar-refractivity contribution in [3.63, 3.8) is 0 Å². The number of carbonyl (C=O) groups excluding carboxylic acids is 1. The van der Waals surface area contributed by atoms with E-state index in [2.05, 4.69) is 43.7 Å². The first-order chi connectivity index (χ1) is 33.5. The van der Waals surface area contributed by atoms with Gasteiger partial charge in [0.1, 0.15) is 34.5 Å². The van der Waals surface area contributed by atoms with Crippen LogP contribution in [0.15, 0.2) is 95.0 Å². The van der Waals surface area contributed by atoms with Crippen LogP contribution in [0.4, 0.5) is 25.8 Å². The molecule has 1 atom stereocenters. The summed E-state index contributed by atoms with van der Waals surface area (Å²) >= 11 is 2.50. The molecule has 4 heterocycles. The highest BCUT2D eigenvalue weighted by atomic mass is 32.2. The average molecular weight is 992 g/mol. The first-order valence-electron chi connectivity index (χ1n) is 23.9. The minimum atomic E-state index is -0.977. The van der Waals surface area contributed by atoms with Crippen LogP contribution in [-0.2, 0) is 0 Å². The second-order valence-corrected chi connectivity index (χ2v) is 21.9. The van der Waals surface area contributed by atoms with Crippen LogP contribution in [0.3, 0.4) is 0 Å². The van der Waals surface area contributed by atoms with E-state index in [1.54, 1.807) is 30.6 Å². The summed E-state index contributed by atoms with van der Waals surface area (Å²) < 4.78 is 39.9. The van der Waals surface area contributed by atoms with Crippen molar-refractivity contribution >= 4 is 62.9 Å². The zero-order valence-corrected chi connectivity index (χ0v) is 41.5. The average Bonchev–Trinajstić information content (AvgIpc) is 4.01. The van der Waals surface area contributed by atoms with E-state index in [9.17, 15) is 25.1 Å². The topological polar surface area (TPSA) is 169 Å².